The number of rotatable bonds is 5. The van der Waals surface area contributed by atoms with Crippen molar-refractivity contribution in [2.75, 3.05) is 6.61 Å². The van der Waals surface area contributed by atoms with Crippen molar-refractivity contribution in [3.05, 3.63) is 139 Å². The first-order valence-corrected chi connectivity index (χ1v) is 14.2. The van der Waals surface area contributed by atoms with Gasteiger partial charge in [-0.2, -0.15) is 0 Å². The number of aliphatic hydroxyl groups is 1. The van der Waals surface area contributed by atoms with Crippen LogP contribution in [0.25, 0.3) is 71.3 Å². The first-order chi connectivity index (χ1) is 20.3. The lowest BCUT2D eigenvalue weighted by atomic mass is 9.75. The van der Waals surface area contributed by atoms with Crippen LogP contribution in [0.5, 0.6) is 0 Å². The fraction of sp³-hybridized carbons (Fsp3) is 0.0769. The second-order valence-electron chi connectivity index (χ2n) is 10.8. The largest absolute Gasteiger partial charge is 0.455 e. The van der Waals surface area contributed by atoms with Crippen LogP contribution in [0.2, 0.25) is 0 Å². The van der Waals surface area contributed by atoms with Crippen LogP contribution < -0.4 is 0 Å². The molecule has 0 saturated carbocycles. The Hall–Kier alpha value is -4.92. The maximum absolute atomic E-state index is 9.48. The number of hydrogen-bond donors (Lipinski definition) is 1. The van der Waals surface area contributed by atoms with Crippen LogP contribution in [0, 0.1) is 5.92 Å². The van der Waals surface area contributed by atoms with E-state index >= 15 is 0 Å². The highest BCUT2D eigenvalue weighted by Crippen LogP contribution is 2.48. The normalized spacial score (nSPS) is 15.2. The second kappa shape index (κ2) is 9.62. The zero-order chi connectivity index (χ0) is 27.3. The Morgan fingerprint density at radius 2 is 1.34 bits per heavy atom. The van der Waals surface area contributed by atoms with Gasteiger partial charge in [-0.1, -0.05) is 121 Å². The van der Waals surface area contributed by atoms with Crippen molar-refractivity contribution < 1.29 is 9.52 Å². The molecule has 1 unspecified atom stereocenters. The molecule has 1 heterocycles. The van der Waals surface area contributed by atoms with Gasteiger partial charge in [-0.05, 0) is 67.9 Å². The van der Waals surface area contributed by atoms with Crippen molar-refractivity contribution in [1.29, 1.82) is 0 Å². The smallest absolute Gasteiger partial charge is 0.143 e. The maximum Gasteiger partial charge on any atom is 0.143 e. The number of hydrogen-bond acceptors (Lipinski definition) is 2. The summed E-state index contributed by atoms with van der Waals surface area (Å²) in [5.41, 5.74) is 9.16. The summed E-state index contributed by atoms with van der Waals surface area (Å²) < 4.78 is 6.44. The van der Waals surface area contributed by atoms with Crippen molar-refractivity contribution >= 4 is 49.1 Å². The third-order valence-electron chi connectivity index (χ3n) is 8.56. The van der Waals surface area contributed by atoms with E-state index in [4.69, 9.17) is 4.42 Å². The van der Waals surface area contributed by atoms with Gasteiger partial charge in [0.05, 0.1) is 6.61 Å². The van der Waals surface area contributed by atoms with E-state index in [2.05, 4.69) is 115 Å². The fourth-order valence-corrected chi connectivity index (χ4v) is 6.61. The molecule has 7 aromatic rings. The molecule has 2 nitrogen and oxygen atoms in total. The predicted molar refractivity (Wildman–Crippen MR) is 172 cm³/mol. The zero-order valence-electron chi connectivity index (χ0n) is 22.5. The molecule has 1 atom stereocenters. The molecule has 0 saturated heterocycles. The quantitative estimate of drug-likeness (QED) is 0.178. The van der Waals surface area contributed by atoms with Crippen molar-refractivity contribution in [3.8, 4) is 22.3 Å². The van der Waals surface area contributed by atoms with Crippen molar-refractivity contribution in [1.82, 2.24) is 0 Å². The molecule has 0 fully saturated rings. The van der Waals surface area contributed by atoms with Crippen molar-refractivity contribution in [3.63, 3.8) is 0 Å². The van der Waals surface area contributed by atoms with Gasteiger partial charge in [-0.15, -0.1) is 0 Å². The van der Waals surface area contributed by atoms with Gasteiger partial charge in [-0.3, -0.25) is 0 Å². The second-order valence-corrected chi connectivity index (χ2v) is 10.8. The lowest BCUT2D eigenvalue weighted by molar-refractivity contribution is 0.342. The van der Waals surface area contributed by atoms with Gasteiger partial charge in [0.15, 0.2) is 0 Å². The van der Waals surface area contributed by atoms with Gasteiger partial charge < -0.3 is 9.52 Å². The van der Waals surface area contributed by atoms with E-state index in [0.29, 0.717) is 5.92 Å². The van der Waals surface area contributed by atoms with Crippen molar-refractivity contribution in [2.45, 2.75) is 6.42 Å². The summed E-state index contributed by atoms with van der Waals surface area (Å²) in [5, 5.41) is 16.7. The molecule has 1 aromatic heterocycles. The molecule has 8 rings (SSSR count). The molecule has 6 aromatic carbocycles. The number of allylic oxidation sites excluding steroid dienone is 3. The van der Waals surface area contributed by atoms with E-state index < -0.39 is 0 Å². The number of furan rings is 1. The Morgan fingerprint density at radius 1 is 0.634 bits per heavy atom. The van der Waals surface area contributed by atoms with Crippen LogP contribution in [0.15, 0.2) is 138 Å². The van der Waals surface area contributed by atoms with Crippen LogP contribution in [-0.4, -0.2) is 11.7 Å². The SMILES string of the molecule is OC/C=C\C1CC=C1c1c2ccccc2c(-c2ccccc2)c2ccc(-c3cccc4c3oc3ccccc34)cc12. The molecule has 0 radical (unpaired) electrons. The summed E-state index contributed by atoms with van der Waals surface area (Å²) in [5.74, 6) is 0.291. The van der Waals surface area contributed by atoms with Gasteiger partial charge in [-0.25, -0.2) is 0 Å². The Labute approximate surface area is 238 Å². The first-order valence-electron chi connectivity index (χ1n) is 14.2. The van der Waals surface area contributed by atoms with E-state index in [-0.39, 0.29) is 6.61 Å². The van der Waals surface area contributed by atoms with E-state index in [1.54, 1.807) is 0 Å². The van der Waals surface area contributed by atoms with Gasteiger partial charge in [0, 0.05) is 22.3 Å². The minimum atomic E-state index is 0.0594. The van der Waals surface area contributed by atoms with Gasteiger partial charge >= 0.3 is 0 Å². The standard InChI is InChI=1S/C39H28O2/c40-23-9-12-25-19-21-28(25)38-32-15-5-4-14-31(32)37(26-10-2-1-3-11-26)33-22-20-27(24-35(33)38)29-16-8-17-34-30-13-6-7-18-36(30)41-39(29)34/h1-18,20-22,24-25,40H,19,23H2/b12-9-. The average Bonchev–Trinajstić information content (AvgIpc) is 3.40. The Kier molecular flexibility index (Phi) is 5.61. The average molecular weight is 529 g/mol. The molecule has 0 spiro atoms. The summed E-state index contributed by atoms with van der Waals surface area (Å²) >= 11 is 0. The fourth-order valence-electron chi connectivity index (χ4n) is 6.61. The van der Waals surface area contributed by atoms with Gasteiger partial charge in [0.1, 0.15) is 11.2 Å². The molecule has 1 aliphatic rings. The molecule has 1 aliphatic carbocycles. The third-order valence-corrected chi connectivity index (χ3v) is 8.56. The van der Waals surface area contributed by atoms with Crippen molar-refractivity contribution in [2.24, 2.45) is 5.92 Å². The van der Waals surface area contributed by atoms with Crippen LogP contribution in [0.4, 0.5) is 0 Å². The summed E-state index contributed by atoms with van der Waals surface area (Å²) in [4.78, 5) is 0. The highest BCUT2D eigenvalue weighted by molar-refractivity contribution is 6.20. The minimum absolute atomic E-state index is 0.0594. The van der Waals surface area contributed by atoms with Crippen LogP contribution >= 0.6 is 0 Å². The molecule has 2 heteroatoms. The Bertz CT molecular complexity index is 2160. The third kappa shape index (κ3) is 3.76. The Morgan fingerprint density at radius 3 is 2.12 bits per heavy atom. The molecule has 0 amide bonds. The summed E-state index contributed by atoms with van der Waals surface area (Å²) in [7, 11) is 0. The highest BCUT2D eigenvalue weighted by Gasteiger charge is 2.26. The van der Waals surface area contributed by atoms with E-state index in [9.17, 15) is 5.11 Å². The molecule has 196 valence electrons. The highest BCUT2D eigenvalue weighted by atomic mass is 16.3. The number of para-hydroxylation sites is 2. The van der Waals surface area contributed by atoms with E-state index in [1.165, 1.54) is 43.8 Å². The first kappa shape index (κ1) is 23.9. The minimum Gasteiger partial charge on any atom is -0.455 e. The monoisotopic (exact) mass is 528 g/mol. The summed E-state index contributed by atoms with van der Waals surface area (Å²) in [6.45, 7) is 0.0594. The molecular formula is C39H28O2. The van der Waals surface area contributed by atoms with Gasteiger partial charge in [0.2, 0.25) is 0 Å². The topological polar surface area (TPSA) is 33.4 Å². The molecular weight excluding hydrogens is 500 g/mol. The molecule has 41 heavy (non-hydrogen) atoms. The van der Waals surface area contributed by atoms with Crippen LogP contribution in [0.3, 0.4) is 0 Å². The van der Waals surface area contributed by atoms with Gasteiger partial charge in [0.25, 0.3) is 0 Å². The Balaban J connectivity index is 1.46. The van der Waals surface area contributed by atoms with E-state index in [1.807, 2.05) is 18.2 Å². The molecule has 1 N–H and O–H groups in total. The molecule has 0 aliphatic heterocycles. The number of aliphatic hydroxyl groups excluding tert-OH is 1. The zero-order valence-corrected chi connectivity index (χ0v) is 22.5. The lowest BCUT2D eigenvalue weighted by Crippen LogP contribution is -2.10. The van der Waals surface area contributed by atoms with E-state index in [0.717, 1.165) is 39.5 Å². The van der Waals surface area contributed by atoms with Crippen LogP contribution in [-0.2, 0) is 0 Å². The van der Waals surface area contributed by atoms with Crippen LogP contribution in [0.1, 0.15) is 12.0 Å². The summed E-state index contributed by atoms with van der Waals surface area (Å²) in [6.07, 6.45) is 7.36. The maximum atomic E-state index is 9.48. The molecule has 0 bridgehead atoms. The summed E-state index contributed by atoms with van der Waals surface area (Å²) in [6, 6.07) is 41.1. The predicted octanol–water partition coefficient (Wildman–Crippen LogP) is 10.2. The lowest BCUT2D eigenvalue weighted by Gasteiger charge is -2.28. The number of benzene rings is 6. The number of fused-ring (bicyclic) bond motifs is 5.